The van der Waals surface area contributed by atoms with Crippen molar-refractivity contribution in [3.05, 3.63) is 22.4 Å². The molecule has 0 radical (unpaired) electrons. The molecule has 2 rings (SSSR count). The fourth-order valence-electron chi connectivity index (χ4n) is 2.03. The van der Waals surface area contributed by atoms with Gasteiger partial charge in [-0.1, -0.05) is 0 Å². The van der Waals surface area contributed by atoms with Gasteiger partial charge in [-0.2, -0.15) is 11.3 Å². The van der Waals surface area contributed by atoms with Crippen LogP contribution in [0, 0.1) is 0 Å². The molecule has 1 aliphatic rings. The van der Waals surface area contributed by atoms with E-state index >= 15 is 0 Å². The number of nitrogens with one attached hydrogen (secondary N) is 1. The standard InChI is InChI=1S/C13H18N2O3S/c1-15(2)13(17)11-4-3-10(18-11)7-14-12(16)9-5-6-19-8-9/h5-6,8,10-11H,3-4,7H2,1-2H3,(H,14,16)/t10-,11+/m0/s1. The number of ether oxygens (including phenoxy) is 1. The molecule has 0 bridgehead atoms. The minimum Gasteiger partial charge on any atom is -0.363 e. The summed E-state index contributed by atoms with van der Waals surface area (Å²) in [6.45, 7) is 0.450. The predicted octanol–water partition coefficient (Wildman–Crippen LogP) is 1.11. The maximum atomic E-state index is 11.8. The molecule has 0 aliphatic carbocycles. The highest BCUT2D eigenvalue weighted by molar-refractivity contribution is 7.08. The molecule has 1 N–H and O–H groups in total. The quantitative estimate of drug-likeness (QED) is 0.900. The molecule has 2 amide bonds. The van der Waals surface area contributed by atoms with Crippen LogP contribution in [0.5, 0.6) is 0 Å². The molecule has 1 fully saturated rings. The lowest BCUT2D eigenvalue weighted by Crippen LogP contribution is -2.36. The van der Waals surface area contributed by atoms with E-state index in [4.69, 9.17) is 4.74 Å². The van der Waals surface area contributed by atoms with E-state index in [0.717, 1.165) is 12.8 Å². The molecule has 6 heteroatoms. The smallest absolute Gasteiger partial charge is 0.252 e. The Hall–Kier alpha value is -1.40. The van der Waals surface area contributed by atoms with E-state index in [9.17, 15) is 9.59 Å². The number of carbonyl (C=O) groups excluding carboxylic acids is 2. The number of rotatable bonds is 4. The number of amides is 2. The predicted molar refractivity (Wildman–Crippen MR) is 73.2 cm³/mol. The fourth-order valence-corrected chi connectivity index (χ4v) is 2.66. The van der Waals surface area contributed by atoms with Gasteiger partial charge in [0.05, 0.1) is 6.10 Å². The minimum atomic E-state index is -0.363. The maximum absolute atomic E-state index is 11.8. The molecule has 0 spiro atoms. The normalized spacial score (nSPS) is 22.2. The molecular formula is C13H18N2O3S. The second-order valence-corrected chi connectivity index (χ2v) is 5.56. The van der Waals surface area contributed by atoms with Crippen LogP contribution in [-0.2, 0) is 9.53 Å². The second kappa shape index (κ2) is 6.16. The van der Waals surface area contributed by atoms with Crippen molar-refractivity contribution in [2.75, 3.05) is 20.6 Å². The SMILES string of the molecule is CN(C)C(=O)[C@H]1CC[C@@H](CNC(=O)c2ccsc2)O1. The van der Waals surface area contributed by atoms with Gasteiger partial charge in [0, 0.05) is 31.6 Å². The highest BCUT2D eigenvalue weighted by Crippen LogP contribution is 2.20. The van der Waals surface area contributed by atoms with Crippen molar-refractivity contribution < 1.29 is 14.3 Å². The number of hydrogen-bond acceptors (Lipinski definition) is 4. The third-order valence-electron chi connectivity index (χ3n) is 3.10. The van der Waals surface area contributed by atoms with Crippen LogP contribution < -0.4 is 5.32 Å². The Balaban J connectivity index is 1.77. The van der Waals surface area contributed by atoms with Crippen LogP contribution in [0.3, 0.4) is 0 Å². The summed E-state index contributed by atoms with van der Waals surface area (Å²) >= 11 is 1.49. The molecule has 19 heavy (non-hydrogen) atoms. The Morgan fingerprint density at radius 2 is 2.26 bits per heavy atom. The monoisotopic (exact) mass is 282 g/mol. The van der Waals surface area contributed by atoms with E-state index in [0.29, 0.717) is 12.1 Å². The van der Waals surface area contributed by atoms with Crippen LogP contribution in [0.4, 0.5) is 0 Å². The van der Waals surface area contributed by atoms with Crippen molar-refractivity contribution in [3.63, 3.8) is 0 Å². The lowest BCUT2D eigenvalue weighted by atomic mass is 10.2. The van der Waals surface area contributed by atoms with Gasteiger partial charge in [-0.05, 0) is 24.3 Å². The van der Waals surface area contributed by atoms with Crippen LogP contribution >= 0.6 is 11.3 Å². The summed E-state index contributed by atoms with van der Waals surface area (Å²) in [5, 5.41) is 6.51. The molecule has 1 saturated heterocycles. The zero-order chi connectivity index (χ0) is 13.8. The lowest BCUT2D eigenvalue weighted by Gasteiger charge is -2.17. The van der Waals surface area contributed by atoms with E-state index < -0.39 is 0 Å². The molecule has 0 aromatic carbocycles. The Labute approximate surface area is 116 Å². The number of nitrogens with zero attached hydrogens (tertiary/aromatic N) is 1. The molecule has 2 heterocycles. The fraction of sp³-hybridized carbons (Fsp3) is 0.538. The number of carbonyl (C=O) groups is 2. The number of hydrogen-bond donors (Lipinski definition) is 1. The van der Waals surface area contributed by atoms with Gasteiger partial charge in [-0.3, -0.25) is 9.59 Å². The first kappa shape index (κ1) is 14.0. The third kappa shape index (κ3) is 3.54. The summed E-state index contributed by atoms with van der Waals surface area (Å²) in [5.74, 6) is -0.0982. The Morgan fingerprint density at radius 1 is 1.47 bits per heavy atom. The van der Waals surface area contributed by atoms with Crippen LogP contribution in [-0.4, -0.2) is 49.6 Å². The summed E-state index contributed by atoms with van der Waals surface area (Å²) in [7, 11) is 3.44. The van der Waals surface area contributed by atoms with Crippen LogP contribution in [0.15, 0.2) is 16.8 Å². The van der Waals surface area contributed by atoms with Crippen LogP contribution in [0.25, 0.3) is 0 Å². The Morgan fingerprint density at radius 3 is 2.89 bits per heavy atom. The second-order valence-electron chi connectivity index (χ2n) is 4.78. The van der Waals surface area contributed by atoms with Crippen molar-refractivity contribution in [1.82, 2.24) is 10.2 Å². The van der Waals surface area contributed by atoms with Gasteiger partial charge in [-0.25, -0.2) is 0 Å². The van der Waals surface area contributed by atoms with Crippen molar-refractivity contribution in [2.45, 2.75) is 25.0 Å². The van der Waals surface area contributed by atoms with Crippen LogP contribution in [0.2, 0.25) is 0 Å². The summed E-state index contributed by atoms with van der Waals surface area (Å²) in [6.07, 6.45) is 1.08. The van der Waals surface area contributed by atoms with Gasteiger partial charge in [0.15, 0.2) is 0 Å². The van der Waals surface area contributed by atoms with E-state index in [2.05, 4.69) is 5.32 Å². The van der Waals surface area contributed by atoms with Gasteiger partial charge >= 0.3 is 0 Å². The zero-order valence-electron chi connectivity index (χ0n) is 11.1. The Bertz CT molecular complexity index is 445. The molecule has 1 aromatic rings. The molecule has 104 valence electrons. The van der Waals surface area contributed by atoms with Gasteiger partial charge in [-0.15, -0.1) is 0 Å². The average Bonchev–Trinajstić information content (AvgIpc) is 3.06. The molecule has 1 aliphatic heterocycles. The maximum Gasteiger partial charge on any atom is 0.252 e. The molecule has 0 unspecified atom stereocenters. The molecule has 0 saturated carbocycles. The van der Waals surface area contributed by atoms with Gasteiger partial charge < -0.3 is 15.0 Å². The van der Waals surface area contributed by atoms with Crippen molar-refractivity contribution in [2.24, 2.45) is 0 Å². The highest BCUT2D eigenvalue weighted by atomic mass is 32.1. The van der Waals surface area contributed by atoms with E-state index in [-0.39, 0.29) is 24.0 Å². The first-order valence-corrected chi connectivity index (χ1v) is 7.19. The van der Waals surface area contributed by atoms with Gasteiger partial charge in [0.1, 0.15) is 6.10 Å². The third-order valence-corrected chi connectivity index (χ3v) is 3.78. The summed E-state index contributed by atoms with van der Waals surface area (Å²) in [5.41, 5.74) is 0.670. The number of likely N-dealkylation sites (N-methyl/N-ethyl adjacent to an activating group) is 1. The largest absolute Gasteiger partial charge is 0.363 e. The summed E-state index contributed by atoms with van der Waals surface area (Å²) in [4.78, 5) is 25.0. The molecule has 5 nitrogen and oxygen atoms in total. The Kier molecular flexibility index (Phi) is 4.55. The first-order chi connectivity index (χ1) is 9.08. The molecule has 1 aromatic heterocycles. The molecule has 2 atom stereocenters. The van der Waals surface area contributed by atoms with Crippen LogP contribution in [0.1, 0.15) is 23.2 Å². The van der Waals surface area contributed by atoms with Gasteiger partial charge in [0.25, 0.3) is 11.8 Å². The number of thiophene rings is 1. The topological polar surface area (TPSA) is 58.6 Å². The first-order valence-electron chi connectivity index (χ1n) is 6.25. The van der Waals surface area contributed by atoms with Gasteiger partial charge in [0.2, 0.25) is 0 Å². The van der Waals surface area contributed by atoms with Crippen molar-refractivity contribution in [3.8, 4) is 0 Å². The zero-order valence-corrected chi connectivity index (χ0v) is 11.9. The highest BCUT2D eigenvalue weighted by Gasteiger charge is 2.31. The van der Waals surface area contributed by atoms with Crippen molar-refractivity contribution in [1.29, 1.82) is 0 Å². The average molecular weight is 282 g/mol. The summed E-state index contributed by atoms with van der Waals surface area (Å²) < 4.78 is 5.65. The summed E-state index contributed by atoms with van der Waals surface area (Å²) in [6, 6.07) is 1.79. The lowest BCUT2D eigenvalue weighted by molar-refractivity contribution is -0.140. The van der Waals surface area contributed by atoms with E-state index in [1.165, 1.54) is 16.2 Å². The molecular weight excluding hydrogens is 264 g/mol. The van der Waals surface area contributed by atoms with E-state index in [1.54, 1.807) is 20.2 Å². The van der Waals surface area contributed by atoms with Crippen molar-refractivity contribution >= 4 is 23.2 Å². The minimum absolute atomic E-state index is 0.00772. The van der Waals surface area contributed by atoms with E-state index in [1.807, 2.05) is 10.8 Å².